The SMILES string of the molecule is CC1CCCN(Cc2csc(NC(=O)Cc3ccccc3Cl)n2)C1. The van der Waals surface area contributed by atoms with Gasteiger partial charge in [0.15, 0.2) is 5.13 Å². The molecule has 128 valence electrons. The lowest BCUT2D eigenvalue weighted by Gasteiger charge is -2.30. The van der Waals surface area contributed by atoms with Crippen molar-refractivity contribution < 1.29 is 4.79 Å². The minimum atomic E-state index is -0.0874. The van der Waals surface area contributed by atoms with Crippen LogP contribution in [0.15, 0.2) is 29.6 Å². The molecule has 4 nitrogen and oxygen atoms in total. The summed E-state index contributed by atoms with van der Waals surface area (Å²) in [4.78, 5) is 19.2. The number of benzene rings is 1. The van der Waals surface area contributed by atoms with Crippen molar-refractivity contribution >= 4 is 34.0 Å². The average molecular weight is 364 g/mol. The minimum Gasteiger partial charge on any atom is -0.302 e. The fraction of sp³-hybridized carbons (Fsp3) is 0.444. The number of rotatable bonds is 5. The van der Waals surface area contributed by atoms with Gasteiger partial charge in [-0.05, 0) is 36.9 Å². The standard InChI is InChI=1S/C18H22ClN3OS/c1-13-5-4-8-22(10-13)11-15-12-24-18(20-15)21-17(23)9-14-6-2-3-7-16(14)19/h2-3,6-7,12-13H,4-5,8-11H2,1H3,(H,20,21,23). The molecule has 24 heavy (non-hydrogen) atoms. The number of carbonyl (C=O) groups excluding carboxylic acids is 1. The zero-order valence-electron chi connectivity index (χ0n) is 13.8. The van der Waals surface area contributed by atoms with Crippen molar-refractivity contribution in [2.75, 3.05) is 18.4 Å². The number of halogens is 1. The zero-order chi connectivity index (χ0) is 16.9. The first-order chi connectivity index (χ1) is 11.6. The quantitative estimate of drug-likeness (QED) is 0.865. The second-order valence-electron chi connectivity index (χ2n) is 6.44. The number of nitrogens with one attached hydrogen (secondary N) is 1. The molecular formula is C18H22ClN3OS. The Balaban J connectivity index is 1.54. The van der Waals surface area contributed by atoms with Crippen molar-refractivity contribution in [2.24, 2.45) is 5.92 Å². The monoisotopic (exact) mass is 363 g/mol. The van der Waals surface area contributed by atoms with Crippen molar-refractivity contribution in [3.63, 3.8) is 0 Å². The van der Waals surface area contributed by atoms with Gasteiger partial charge in [-0.3, -0.25) is 9.69 Å². The first-order valence-corrected chi connectivity index (χ1v) is 9.56. The summed E-state index contributed by atoms with van der Waals surface area (Å²) in [6.45, 7) is 5.43. The largest absolute Gasteiger partial charge is 0.302 e. The van der Waals surface area contributed by atoms with Gasteiger partial charge in [-0.25, -0.2) is 4.98 Å². The van der Waals surface area contributed by atoms with Crippen LogP contribution >= 0.6 is 22.9 Å². The molecule has 1 N–H and O–H groups in total. The molecule has 1 atom stereocenters. The number of likely N-dealkylation sites (tertiary alicyclic amines) is 1. The molecule has 0 radical (unpaired) electrons. The van der Waals surface area contributed by atoms with E-state index in [2.05, 4.69) is 22.1 Å². The summed E-state index contributed by atoms with van der Waals surface area (Å²) in [5.41, 5.74) is 1.86. The van der Waals surface area contributed by atoms with E-state index in [-0.39, 0.29) is 12.3 Å². The van der Waals surface area contributed by atoms with Crippen LogP contribution in [0.25, 0.3) is 0 Å². The fourth-order valence-corrected chi connectivity index (χ4v) is 3.99. The highest BCUT2D eigenvalue weighted by Gasteiger charge is 2.17. The Kier molecular flexibility index (Phi) is 5.87. The number of carbonyl (C=O) groups is 1. The molecule has 1 aliphatic heterocycles. The smallest absolute Gasteiger partial charge is 0.230 e. The lowest BCUT2D eigenvalue weighted by Crippen LogP contribution is -2.33. The third-order valence-electron chi connectivity index (χ3n) is 4.23. The maximum atomic E-state index is 12.2. The number of hydrogen-bond donors (Lipinski definition) is 1. The molecule has 1 aromatic carbocycles. The fourth-order valence-electron chi connectivity index (χ4n) is 3.07. The number of piperidine rings is 1. The van der Waals surface area contributed by atoms with Crippen LogP contribution in [0.2, 0.25) is 5.02 Å². The van der Waals surface area contributed by atoms with E-state index in [4.69, 9.17) is 11.6 Å². The van der Waals surface area contributed by atoms with Crippen LogP contribution in [0.3, 0.4) is 0 Å². The van der Waals surface area contributed by atoms with Gasteiger partial charge in [0.2, 0.25) is 5.91 Å². The van der Waals surface area contributed by atoms with Crippen LogP contribution in [0.1, 0.15) is 31.0 Å². The second kappa shape index (κ2) is 8.10. The molecule has 2 heterocycles. The Morgan fingerprint density at radius 3 is 3.08 bits per heavy atom. The Labute approximate surface area is 151 Å². The lowest BCUT2D eigenvalue weighted by molar-refractivity contribution is -0.115. The van der Waals surface area contributed by atoms with E-state index in [1.165, 1.54) is 24.2 Å². The van der Waals surface area contributed by atoms with Crippen molar-refractivity contribution in [1.29, 1.82) is 0 Å². The Morgan fingerprint density at radius 2 is 2.29 bits per heavy atom. The number of thiazole rings is 1. The van der Waals surface area contributed by atoms with E-state index in [0.29, 0.717) is 10.2 Å². The number of aromatic nitrogens is 1. The van der Waals surface area contributed by atoms with Crippen LogP contribution in [-0.4, -0.2) is 28.9 Å². The van der Waals surface area contributed by atoms with Gasteiger partial charge >= 0.3 is 0 Å². The summed E-state index contributed by atoms with van der Waals surface area (Å²) >= 11 is 7.58. The van der Waals surface area contributed by atoms with Gasteiger partial charge in [-0.1, -0.05) is 36.7 Å². The van der Waals surface area contributed by atoms with Gasteiger partial charge in [-0.15, -0.1) is 11.3 Å². The summed E-state index contributed by atoms with van der Waals surface area (Å²) < 4.78 is 0. The van der Waals surface area contributed by atoms with Crippen LogP contribution in [0, 0.1) is 5.92 Å². The average Bonchev–Trinajstić information content (AvgIpc) is 2.96. The summed E-state index contributed by atoms with van der Waals surface area (Å²) in [5.74, 6) is 0.669. The van der Waals surface area contributed by atoms with E-state index in [0.717, 1.165) is 36.8 Å². The second-order valence-corrected chi connectivity index (χ2v) is 7.71. The predicted octanol–water partition coefficient (Wildman–Crippen LogP) is 4.21. The lowest BCUT2D eigenvalue weighted by atomic mass is 10.0. The third-order valence-corrected chi connectivity index (χ3v) is 5.41. The molecule has 1 saturated heterocycles. The Hall–Kier alpha value is -1.43. The summed E-state index contributed by atoms with van der Waals surface area (Å²) in [6, 6.07) is 7.41. The van der Waals surface area contributed by atoms with Crippen LogP contribution in [0.4, 0.5) is 5.13 Å². The molecule has 1 fully saturated rings. The maximum absolute atomic E-state index is 12.2. The molecule has 0 bridgehead atoms. The van der Waals surface area contributed by atoms with E-state index >= 15 is 0 Å². The number of amides is 1. The van der Waals surface area contributed by atoms with Gasteiger partial charge < -0.3 is 5.32 Å². The summed E-state index contributed by atoms with van der Waals surface area (Å²) in [6.07, 6.45) is 2.84. The minimum absolute atomic E-state index is 0.0874. The summed E-state index contributed by atoms with van der Waals surface area (Å²) in [7, 11) is 0. The van der Waals surface area contributed by atoms with Crippen molar-refractivity contribution in [3.05, 3.63) is 45.9 Å². The van der Waals surface area contributed by atoms with Gasteiger partial charge in [-0.2, -0.15) is 0 Å². The Bertz CT molecular complexity index is 703. The van der Waals surface area contributed by atoms with E-state index in [9.17, 15) is 4.79 Å². The number of anilines is 1. The van der Waals surface area contributed by atoms with Crippen molar-refractivity contribution in [2.45, 2.75) is 32.7 Å². The molecule has 1 aliphatic rings. The molecule has 2 aromatic rings. The van der Waals surface area contributed by atoms with Gasteiger partial charge in [0.05, 0.1) is 12.1 Å². The Morgan fingerprint density at radius 1 is 1.46 bits per heavy atom. The number of hydrogen-bond acceptors (Lipinski definition) is 4. The highest BCUT2D eigenvalue weighted by molar-refractivity contribution is 7.13. The molecule has 3 rings (SSSR count). The normalized spacial score (nSPS) is 18.5. The van der Waals surface area contributed by atoms with Crippen LogP contribution < -0.4 is 5.32 Å². The molecule has 0 aliphatic carbocycles. The summed E-state index contributed by atoms with van der Waals surface area (Å²) in [5, 5.41) is 6.18. The van der Waals surface area contributed by atoms with Gasteiger partial charge in [0.25, 0.3) is 0 Å². The molecular weight excluding hydrogens is 342 g/mol. The molecule has 0 spiro atoms. The first kappa shape index (κ1) is 17.4. The van der Waals surface area contributed by atoms with E-state index < -0.39 is 0 Å². The van der Waals surface area contributed by atoms with Gasteiger partial charge in [0.1, 0.15) is 0 Å². The molecule has 6 heteroatoms. The number of nitrogens with zero attached hydrogens (tertiary/aromatic N) is 2. The highest BCUT2D eigenvalue weighted by atomic mass is 35.5. The van der Waals surface area contributed by atoms with Crippen LogP contribution in [-0.2, 0) is 17.8 Å². The maximum Gasteiger partial charge on any atom is 0.230 e. The topological polar surface area (TPSA) is 45.2 Å². The van der Waals surface area contributed by atoms with Crippen molar-refractivity contribution in [1.82, 2.24) is 9.88 Å². The third kappa shape index (κ3) is 4.79. The highest BCUT2D eigenvalue weighted by Crippen LogP contribution is 2.21. The van der Waals surface area contributed by atoms with Crippen LogP contribution in [0.5, 0.6) is 0 Å². The van der Waals surface area contributed by atoms with E-state index in [1.807, 2.05) is 23.6 Å². The predicted molar refractivity (Wildman–Crippen MR) is 99.6 cm³/mol. The van der Waals surface area contributed by atoms with Crippen molar-refractivity contribution in [3.8, 4) is 0 Å². The molecule has 0 saturated carbocycles. The molecule has 1 amide bonds. The first-order valence-electron chi connectivity index (χ1n) is 8.30. The molecule has 1 aromatic heterocycles. The zero-order valence-corrected chi connectivity index (χ0v) is 15.4. The molecule has 1 unspecified atom stereocenters. The van der Waals surface area contributed by atoms with E-state index in [1.54, 1.807) is 6.07 Å². The van der Waals surface area contributed by atoms with Gasteiger partial charge in [0, 0.05) is 23.5 Å².